The molecule has 1 fully saturated rings. The van der Waals surface area contributed by atoms with Gasteiger partial charge >= 0.3 is 0 Å². The number of nitrogens with one attached hydrogen (secondary N) is 1. The minimum atomic E-state index is 0.224. The molecule has 0 saturated carbocycles. The molecule has 0 radical (unpaired) electrons. The average Bonchev–Trinajstić information content (AvgIpc) is 3.27. The lowest BCUT2D eigenvalue weighted by molar-refractivity contribution is -0.117. The van der Waals surface area contributed by atoms with Crippen molar-refractivity contribution in [3.05, 3.63) is 59.2 Å². The molecule has 2 aromatic carbocycles. The van der Waals surface area contributed by atoms with Gasteiger partial charge < -0.3 is 15.0 Å². The van der Waals surface area contributed by atoms with Gasteiger partial charge in [0.05, 0.1) is 6.61 Å². The third-order valence-electron chi connectivity index (χ3n) is 5.12. The van der Waals surface area contributed by atoms with Crippen LogP contribution in [0.5, 0.6) is 5.75 Å². The van der Waals surface area contributed by atoms with Gasteiger partial charge in [-0.1, -0.05) is 24.3 Å². The Morgan fingerprint density at radius 2 is 2.12 bits per heavy atom. The standard InChI is InChI=1S/C21H24N2O2/c1-15(22-14-16-7-8-20-18(12-16)9-11-25-20)17-4-2-5-19(13-17)23-10-3-6-21(23)24/h2,4-5,7-8,12-13,15,22H,3,6,9-11,14H2,1H3/t15-/m0/s1. The molecule has 25 heavy (non-hydrogen) atoms. The normalized spacial score (nSPS) is 17.5. The van der Waals surface area contributed by atoms with Gasteiger partial charge in [-0.05, 0) is 48.2 Å². The van der Waals surface area contributed by atoms with Crippen LogP contribution in [-0.2, 0) is 17.8 Å². The first-order valence-electron chi connectivity index (χ1n) is 9.09. The maximum Gasteiger partial charge on any atom is 0.227 e. The van der Waals surface area contributed by atoms with Crippen LogP contribution in [0.15, 0.2) is 42.5 Å². The van der Waals surface area contributed by atoms with E-state index in [1.807, 2.05) is 17.0 Å². The largest absolute Gasteiger partial charge is 0.493 e. The van der Waals surface area contributed by atoms with Gasteiger partial charge in [0.25, 0.3) is 0 Å². The molecule has 2 aliphatic heterocycles. The molecule has 1 amide bonds. The van der Waals surface area contributed by atoms with Crippen LogP contribution in [0.1, 0.15) is 42.5 Å². The van der Waals surface area contributed by atoms with Gasteiger partial charge in [0, 0.05) is 37.7 Å². The molecule has 4 heteroatoms. The van der Waals surface area contributed by atoms with Crippen molar-refractivity contribution in [2.45, 2.75) is 38.8 Å². The minimum Gasteiger partial charge on any atom is -0.493 e. The number of nitrogens with zero attached hydrogens (tertiary/aromatic N) is 1. The smallest absolute Gasteiger partial charge is 0.227 e. The average molecular weight is 336 g/mol. The van der Waals surface area contributed by atoms with E-state index in [-0.39, 0.29) is 11.9 Å². The Morgan fingerprint density at radius 1 is 1.20 bits per heavy atom. The number of benzene rings is 2. The number of hydrogen-bond acceptors (Lipinski definition) is 3. The highest BCUT2D eigenvalue weighted by molar-refractivity contribution is 5.95. The van der Waals surface area contributed by atoms with Crippen molar-refractivity contribution >= 4 is 11.6 Å². The minimum absolute atomic E-state index is 0.224. The number of rotatable bonds is 5. The summed E-state index contributed by atoms with van der Waals surface area (Å²) in [6.45, 7) is 4.62. The highest BCUT2D eigenvalue weighted by atomic mass is 16.5. The van der Waals surface area contributed by atoms with E-state index in [0.717, 1.165) is 44.0 Å². The van der Waals surface area contributed by atoms with Crippen molar-refractivity contribution in [3.8, 4) is 5.75 Å². The van der Waals surface area contributed by atoms with Crippen LogP contribution >= 0.6 is 0 Å². The molecule has 2 heterocycles. The second-order valence-electron chi connectivity index (χ2n) is 6.89. The lowest BCUT2D eigenvalue weighted by Crippen LogP contribution is -2.24. The number of anilines is 1. The van der Waals surface area contributed by atoms with Gasteiger partial charge in [0.15, 0.2) is 0 Å². The van der Waals surface area contributed by atoms with E-state index >= 15 is 0 Å². The van der Waals surface area contributed by atoms with Crippen molar-refractivity contribution in [1.82, 2.24) is 5.32 Å². The van der Waals surface area contributed by atoms with Crippen molar-refractivity contribution in [2.75, 3.05) is 18.1 Å². The van der Waals surface area contributed by atoms with Gasteiger partial charge in [-0.3, -0.25) is 4.79 Å². The van der Waals surface area contributed by atoms with E-state index in [9.17, 15) is 4.79 Å². The maximum absolute atomic E-state index is 12.0. The molecule has 0 aliphatic carbocycles. The van der Waals surface area contributed by atoms with Gasteiger partial charge in [-0.2, -0.15) is 0 Å². The van der Waals surface area contributed by atoms with Crippen LogP contribution in [0.4, 0.5) is 5.69 Å². The quantitative estimate of drug-likeness (QED) is 0.907. The Kier molecular flexibility index (Phi) is 4.45. The molecule has 2 aromatic rings. The van der Waals surface area contributed by atoms with Crippen LogP contribution in [-0.4, -0.2) is 19.1 Å². The SMILES string of the molecule is C[C@H](NCc1ccc2c(c1)CCO2)c1cccc(N2CCCC2=O)c1. The summed E-state index contributed by atoms with van der Waals surface area (Å²) >= 11 is 0. The number of carbonyl (C=O) groups excluding carboxylic acids is 1. The van der Waals surface area contributed by atoms with E-state index in [4.69, 9.17) is 4.74 Å². The lowest BCUT2D eigenvalue weighted by atomic mass is 10.1. The summed E-state index contributed by atoms with van der Waals surface area (Å²) in [5.74, 6) is 1.26. The van der Waals surface area contributed by atoms with Gasteiger partial charge in [-0.25, -0.2) is 0 Å². The molecule has 130 valence electrons. The summed E-state index contributed by atoms with van der Waals surface area (Å²) in [6.07, 6.45) is 2.63. The summed E-state index contributed by atoms with van der Waals surface area (Å²) in [5.41, 5.74) is 4.81. The van der Waals surface area contributed by atoms with Crippen molar-refractivity contribution in [3.63, 3.8) is 0 Å². The molecule has 4 nitrogen and oxygen atoms in total. The molecule has 1 atom stereocenters. The summed E-state index contributed by atoms with van der Waals surface area (Å²) < 4.78 is 5.57. The number of fused-ring (bicyclic) bond motifs is 1. The Bertz CT molecular complexity index is 787. The fourth-order valence-corrected chi connectivity index (χ4v) is 3.62. The summed E-state index contributed by atoms with van der Waals surface area (Å²) in [6, 6.07) is 15.0. The topological polar surface area (TPSA) is 41.6 Å². The number of ether oxygens (including phenoxy) is 1. The highest BCUT2D eigenvalue weighted by Crippen LogP contribution is 2.27. The molecule has 0 bridgehead atoms. The van der Waals surface area contributed by atoms with E-state index < -0.39 is 0 Å². The summed E-state index contributed by atoms with van der Waals surface area (Å²) in [4.78, 5) is 13.9. The van der Waals surface area contributed by atoms with Gasteiger partial charge in [-0.15, -0.1) is 0 Å². The van der Waals surface area contributed by atoms with Crippen molar-refractivity contribution < 1.29 is 9.53 Å². The zero-order valence-electron chi connectivity index (χ0n) is 14.6. The summed E-state index contributed by atoms with van der Waals surface area (Å²) in [7, 11) is 0. The third-order valence-corrected chi connectivity index (χ3v) is 5.12. The zero-order chi connectivity index (χ0) is 17.2. The molecular weight excluding hydrogens is 312 g/mol. The lowest BCUT2D eigenvalue weighted by Gasteiger charge is -2.19. The molecular formula is C21H24N2O2. The zero-order valence-corrected chi connectivity index (χ0v) is 14.6. The molecule has 0 spiro atoms. The second kappa shape index (κ2) is 6.89. The Hall–Kier alpha value is -2.33. The van der Waals surface area contributed by atoms with Crippen LogP contribution in [0.3, 0.4) is 0 Å². The first-order chi connectivity index (χ1) is 12.2. The third kappa shape index (κ3) is 3.40. The van der Waals surface area contributed by atoms with Crippen LogP contribution < -0.4 is 15.0 Å². The fourth-order valence-electron chi connectivity index (χ4n) is 3.62. The van der Waals surface area contributed by atoms with Crippen LogP contribution in [0.25, 0.3) is 0 Å². The number of carbonyl (C=O) groups is 1. The molecule has 4 rings (SSSR count). The first kappa shape index (κ1) is 16.2. The second-order valence-corrected chi connectivity index (χ2v) is 6.89. The first-order valence-corrected chi connectivity index (χ1v) is 9.09. The van der Waals surface area contributed by atoms with Crippen molar-refractivity contribution in [2.24, 2.45) is 0 Å². The Labute approximate surface area is 148 Å². The van der Waals surface area contributed by atoms with Gasteiger partial charge in [0.1, 0.15) is 5.75 Å². The van der Waals surface area contributed by atoms with Crippen LogP contribution in [0, 0.1) is 0 Å². The van der Waals surface area contributed by atoms with Gasteiger partial charge in [0.2, 0.25) is 5.91 Å². The van der Waals surface area contributed by atoms with E-state index in [0.29, 0.717) is 6.42 Å². The Morgan fingerprint density at radius 3 is 2.96 bits per heavy atom. The van der Waals surface area contributed by atoms with Crippen LogP contribution in [0.2, 0.25) is 0 Å². The monoisotopic (exact) mass is 336 g/mol. The molecule has 1 saturated heterocycles. The number of hydrogen-bond donors (Lipinski definition) is 1. The molecule has 0 unspecified atom stereocenters. The molecule has 0 aromatic heterocycles. The predicted molar refractivity (Wildman–Crippen MR) is 98.9 cm³/mol. The fraction of sp³-hybridized carbons (Fsp3) is 0.381. The Balaban J connectivity index is 1.42. The highest BCUT2D eigenvalue weighted by Gasteiger charge is 2.22. The maximum atomic E-state index is 12.0. The summed E-state index contributed by atoms with van der Waals surface area (Å²) in [5, 5.41) is 3.59. The predicted octanol–water partition coefficient (Wildman–Crippen LogP) is 3.60. The molecule has 1 N–H and O–H groups in total. The van der Waals surface area contributed by atoms with E-state index in [1.54, 1.807) is 0 Å². The molecule has 2 aliphatic rings. The number of amides is 1. The van der Waals surface area contributed by atoms with E-state index in [2.05, 4.69) is 42.6 Å². The van der Waals surface area contributed by atoms with E-state index in [1.165, 1.54) is 16.7 Å². The van der Waals surface area contributed by atoms with Crippen molar-refractivity contribution in [1.29, 1.82) is 0 Å².